The van der Waals surface area contributed by atoms with Crippen LogP contribution in [0.2, 0.25) is 0 Å². The van der Waals surface area contributed by atoms with E-state index in [0.29, 0.717) is 18.1 Å². The number of nitrogens with zero attached hydrogens (tertiary/aromatic N) is 3. The fraction of sp³-hybridized carbons (Fsp3) is 0.800. The molecule has 3 aliphatic rings. The van der Waals surface area contributed by atoms with E-state index in [4.69, 9.17) is 0 Å². The fourth-order valence-electron chi connectivity index (χ4n) is 4.39. The second-order valence-electron chi connectivity index (χ2n) is 9.57. The van der Waals surface area contributed by atoms with Crippen LogP contribution in [0, 0.1) is 11.3 Å². The van der Waals surface area contributed by atoms with Crippen molar-refractivity contribution in [2.75, 3.05) is 11.9 Å². The van der Waals surface area contributed by atoms with E-state index in [1.165, 1.54) is 0 Å². The molecule has 0 unspecified atom stereocenters. The minimum atomic E-state index is -4.36. The number of hydrogen-bond donors (Lipinski definition) is 1. The van der Waals surface area contributed by atoms with Gasteiger partial charge in [-0.1, -0.05) is 20.8 Å². The summed E-state index contributed by atoms with van der Waals surface area (Å²) in [6.45, 7) is 6.51. The Morgan fingerprint density at radius 2 is 1.89 bits per heavy atom. The zero-order chi connectivity index (χ0) is 20.3. The van der Waals surface area contributed by atoms with E-state index in [9.17, 15) is 18.0 Å². The molecule has 3 atom stereocenters. The number of rotatable bonds is 2. The Morgan fingerprint density at radius 1 is 1.18 bits per heavy atom. The molecule has 3 heterocycles. The summed E-state index contributed by atoms with van der Waals surface area (Å²) in [4.78, 5) is 14.6. The molecule has 0 spiro atoms. The van der Waals surface area contributed by atoms with Crippen LogP contribution in [0.25, 0.3) is 0 Å². The third-order valence-electron chi connectivity index (χ3n) is 6.31. The first-order chi connectivity index (χ1) is 13.1. The molecule has 1 amide bonds. The van der Waals surface area contributed by atoms with E-state index >= 15 is 0 Å². The first-order valence-electron chi connectivity index (χ1n) is 10.3. The lowest BCUT2D eigenvalue weighted by molar-refractivity contribution is -0.175. The predicted octanol–water partition coefficient (Wildman–Crippen LogP) is 4.68. The summed E-state index contributed by atoms with van der Waals surface area (Å²) in [5.41, 5.74) is 0.276. The second kappa shape index (κ2) is 6.66. The number of aromatic nitrogens is 2. The normalized spacial score (nSPS) is 28.6. The zero-order valence-corrected chi connectivity index (χ0v) is 16.7. The van der Waals surface area contributed by atoms with Gasteiger partial charge in [-0.15, -0.1) is 0 Å². The molecule has 28 heavy (non-hydrogen) atoms. The maximum Gasteiger partial charge on any atom is 0.410 e. The van der Waals surface area contributed by atoms with Gasteiger partial charge in [-0.25, -0.2) is 4.68 Å². The molecule has 8 heteroatoms. The zero-order valence-electron chi connectivity index (χ0n) is 16.7. The minimum absolute atomic E-state index is 0.0451. The van der Waals surface area contributed by atoms with Crippen LogP contribution in [-0.2, 0) is 4.79 Å². The molecule has 1 aliphatic carbocycles. The number of fused-ring (bicyclic) bond motifs is 1. The SMILES string of the molecule is CC(C)(C)[C@@H]1C[C@H](C(F)(F)F)n2nc([C@@H]3CCCCN3C(=O)C3CC3)cc2N1. The van der Waals surface area contributed by atoms with Gasteiger partial charge in [-0.05, 0) is 43.9 Å². The highest BCUT2D eigenvalue weighted by molar-refractivity contribution is 5.81. The maximum atomic E-state index is 13.8. The van der Waals surface area contributed by atoms with Gasteiger partial charge in [0.15, 0.2) is 6.04 Å². The van der Waals surface area contributed by atoms with Crippen molar-refractivity contribution in [2.45, 2.75) is 83.6 Å². The van der Waals surface area contributed by atoms with Crippen LogP contribution < -0.4 is 5.32 Å². The van der Waals surface area contributed by atoms with E-state index in [1.54, 1.807) is 6.07 Å². The van der Waals surface area contributed by atoms with Crippen LogP contribution in [0.15, 0.2) is 6.07 Å². The largest absolute Gasteiger partial charge is 0.410 e. The van der Waals surface area contributed by atoms with E-state index < -0.39 is 12.2 Å². The van der Waals surface area contributed by atoms with Crippen molar-refractivity contribution in [3.05, 3.63) is 11.8 Å². The van der Waals surface area contributed by atoms with Gasteiger partial charge in [0.25, 0.3) is 0 Å². The second-order valence-corrected chi connectivity index (χ2v) is 9.57. The van der Waals surface area contributed by atoms with Crippen LogP contribution in [0.3, 0.4) is 0 Å². The summed E-state index contributed by atoms with van der Waals surface area (Å²) in [5.74, 6) is 0.653. The van der Waals surface area contributed by atoms with Gasteiger partial charge in [0.05, 0.1) is 11.7 Å². The van der Waals surface area contributed by atoms with Crippen molar-refractivity contribution in [1.82, 2.24) is 14.7 Å². The molecule has 1 saturated heterocycles. The number of likely N-dealkylation sites (tertiary alicyclic amines) is 1. The number of anilines is 1. The number of carbonyl (C=O) groups is 1. The number of hydrogen-bond acceptors (Lipinski definition) is 3. The molecule has 0 bridgehead atoms. The standard InChI is InChI=1S/C20H29F3N4O/c1-19(2,3)15-11-16(20(21,22)23)27-17(24-15)10-13(25-27)14-6-4-5-9-26(14)18(28)12-7-8-12/h10,12,14-16,24H,4-9,11H2,1-3H3/t14-,15-,16+/m0/s1. The molecule has 1 aromatic rings. The van der Waals surface area contributed by atoms with E-state index in [1.807, 2.05) is 25.7 Å². The molecule has 1 N–H and O–H groups in total. The highest BCUT2D eigenvalue weighted by Gasteiger charge is 2.49. The monoisotopic (exact) mass is 398 g/mol. The summed E-state index contributed by atoms with van der Waals surface area (Å²) in [6, 6.07) is -0.423. The van der Waals surface area contributed by atoms with Crippen LogP contribution >= 0.6 is 0 Å². The molecule has 2 aliphatic heterocycles. The number of piperidine rings is 1. The van der Waals surface area contributed by atoms with Crippen molar-refractivity contribution in [3.8, 4) is 0 Å². The highest BCUT2D eigenvalue weighted by atomic mass is 19.4. The first kappa shape index (κ1) is 19.6. The van der Waals surface area contributed by atoms with Gasteiger partial charge in [0, 0.05) is 24.6 Å². The Labute approximate surface area is 163 Å². The topological polar surface area (TPSA) is 50.2 Å². The summed E-state index contributed by atoms with van der Waals surface area (Å²) < 4.78 is 42.5. The van der Waals surface area contributed by atoms with Gasteiger partial charge in [-0.2, -0.15) is 18.3 Å². The van der Waals surface area contributed by atoms with E-state index in [2.05, 4.69) is 10.4 Å². The Hall–Kier alpha value is -1.73. The lowest BCUT2D eigenvalue weighted by atomic mass is 9.82. The van der Waals surface area contributed by atoms with Crippen molar-refractivity contribution in [1.29, 1.82) is 0 Å². The minimum Gasteiger partial charge on any atom is -0.367 e. The van der Waals surface area contributed by atoms with Gasteiger partial charge in [0.2, 0.25) is 5.91 Å². The van der Waals surface area contributed by atoms with Crippen LogP contribution in [0.5, 0.6) is 0 Å². The molecule has 156 valence electrons. The van der Waals surface area contributed by atoms with Gasteiger partial charge < -0.3 is 10.2 Å². The van der Waals surface area contributed by atoms with Gasteiger partial charge in [0.1, 0.15) is 5.82 Å². The van der Waals surface area contributed by atoms with E-state index in [0.717, 1.165) is 36.8 Å². The smallest absolute Gasteiger partial charge is 0.367 e. The average Bonchev–Trinajstić information content (AvgIpc) is 3.37. The maximum absolute atomic E-state index is 13.8. The number of carbonyl (C=O) groups excluding carboxylic acids is 1. The summed E-state index contributed by atoms with van der Waals surface area (Å²) in [6.07, 6.45) is 0.101. The average molecular weight is 398 g/mol. The molecule has 0 radical (unpaired) electrons. The Balaban J connectivity index is 1.67. The quantitative estimate of drug-likeness (QED) is 0.787. The van der Waals surface area contributed by atoms with E-state index in [-0.39, 0.29) is 35.7 Å². The summed E-state index contributed by atoms with van der Waals surface area (Å²) in [7, 11) is 0. The molecule has 1 saturated carbocycles. The molecule has 1 aromatic heterocycles. The number of alkyl halides is 3. The highest BCUT2D eigenvalue weighted by Crippen LogP contribution is 2.45. The summed E-state index contributed by atoms with van der Waals surface area (Å²) >= 11 is 0. The molecular formula is C20H29F3N4O. The van der Waals surface area contributed by atoms with Crippen molar-refractivity contribution < 1.29 is 18.0 Å². The Morgan fingerprint density at radius 3 is 2.50 bits per heavy atom. The third kappa shape index (κ3) is 3.62. The number of amides is 1. The van der Waals surface area contributed by atoms with Crippen molar-refractivity contribution in [2.24, 2.45) is 11.3 Å². The van der Waals surface area contributed by atoms with Crippen molar-refractivity contribution >= 4 is 11.7 Å². The molecule has 0 aromatic carbocycles. The summed E-state index contributed by atoms with van der Waals surface area (Å²) in [5, 5.41) is 7.67. The predicted molar refractivity (Wildman–Crippen MR) is 99.8 cm³/mol. The third-order valence-corrected chi connectivity index (χ3v) is 6.31. The van der Waals surface area contributed by atoms with Gasteiger partial charge in [-0.3, -0.25) is 4.79 Å². The Bertz CT molecular complexity index is 748. The van der Waals surface area contributed by atoms with Gasteiger partial charge >= 0.3 is 6.18 Å². The molecule has 4 rings (SSSR count). The van der Waals surface area contributed by atoms with Crippen molar-refractivity contribution in [3.63, 3.8) is 0 Å². The molecule has 5 nitrogen and oxygen atoms in total. The lowest BCUT2D eigenvalue weighted by Gasteiger charge is -2.39. The molecule has 2 fully saturated rings. The first-order valence-corrected chi connectivity index (χ1v) is 10.3. The number of halogens is 3. The number of nitrogens with one attached hydrogen (secondary N) is 1. The van der Waals surface area contributed by atoms with Crippen LogP contribution in [0.1, 0.15) is 77.1 Å². The molecular weight excluding hydrogens is 369 g/mol. The fourth-order valence-corrected chi connectivity index (χ4v) is 4.39. The Kier molecular flexibility index (Phi) is 4.66. The van der Waals surface area contributed by atoms with Crippen LogP contribution in [-0.4, -0.2) is 39.4 Å². The lowest BCUT2D eigenvalue weighted by Crippen LogP contribution is -2.44. The van der Waals surface area contributed by atoms with Crippen LogP contribution in [0.4, 0.5) is 19.0 Å².